The smallest absolute Gasteiger partial charge is 0.233 e. The molecule has 2 N–H and O–H groups in total. The molecular weight excluding hydrogens is 252 g/mol. The van der Waals surface area contributed by atoms with Gasteiger partial charge in [0.25, 0.3) is 0 Å². The van der Waals surface area contributed by atoms with Crippen LogP contribution in [0.4, 0.5) is 0 Å². The van der Waals surface area contributed by atoms with E-state index in [0.29, 0.717) is 31.3 Å². The molecule has 2 atom stereocenters. The number of thiazole rings is 1. The summed E-state index contributed by atoms with van der Waals surface area (Å²) in [5.41, 5.74) is 6.93. The molecule has 0 radical (unpaired) electrons. The van der Waals surface area contributed by atoms with E-state index in [1.807, 2.05) is 12.3 Å². The van der Waals surface area contributed by atoms with Gasteiger partial charge in [0, 0.05) is 17.1 Å². The first-order chi connectivity index (χ1) is 8.72. The summed E-state index contributed by atoms with van der Waals surface area (Å²) < 4.78 is 10.5. The third-order valence-electron chi connectivity index (χ3n) is 2.90. The average molecular weight is 266 g/mol. The highest BCUT2D eigenvalue weighted by Crippen LogP contribution is 2.23. The lowest BCUT2D eigenvalue weighted by Gasteiger charge is -2.05. The van der Waals surface area contributed by atoms with Gasteiger partial charge in [-0.2, -0.15) is 4.98 Å². The summed E-state index contributed by atoms with van der Waals surface area (Å²) in [6.07, 6.45) is 0.602. The summed E-state index contributed by atoms with van der Waals surface area (Å²) in [6.45, 7) is 3.07. The lowest BCUT2D eigenvalue weighted by Crippen LogP contribution is -2.27. The Balaban J connectivity index is 1.73. The van der Waals surface area contributed by atoms with Gasteiger partial charge in [0.2, 0.25) is 5.89 Å². The highest BCUT2D eigenvalue weighted by Gasteiger charge is 2.31. The molecule has 0 amide bonds. The zero-order chi connectivity index (χ0) is 12.5. The zero-order valence-corrected chi connectivity index (χ0v) is 10.8. The number of aromatic nitrogens is 3. The Morgan fingerprint density at radius 2 is 2.33 bits per heavy atom. The van der Waals surface area contributed by atoms with Crippen molar-refractivity contribution in [3.8, 4) is 0 Å². The van der Waals surface area contributed by atoms with Gasteiger partial charge in [-0.05, 0) is 6.92 Å². The molecule has 0 bridgehead atoms. The van der Waals surface area contributed by atoms with E-state index >= 15 is 0 Å². The number of ether oxygens (including phenoxy) is 1. The van der Waals surface area contributed by atoms with Crippen molar-refractivity contribution in [3.63, 3.8) is 0 Å². The minimum atomic E-state index is -0.0552. The van der Waals surface area contributed by atoms with Crippen molar-refractivity contribution in [2.24, 2.45) is 5.73 Å². The third-order valence-corrected chi connectivity index (χ3v) is 3.87. The predicted molar refractivity (Wildman–Crippen MR) is 65.5 cm³/mol. The zero-order valence-electron chi connectivity index (χ0n) is 10.00. The van der Waals surface area contributed by atoms with Crippen molar-refractivity contribution >= 4 is 11.3 Å². The molecule has 1 saturated heterocycles. The Hall–Kier alpha value is -1.31. The maximum Gasteiger partial charge on any atom is 0.233 e. The molecule has 7 heteroatoms. The van der Waals surface area contributed by atoms with Crippen LogP contribution in [0.1, 0.15) is 28.3 Å². The lowest BCUT2D eigenvalue weighted by molar-refractivity contribution is 0.187. The van der Waals surface area contributed by atoms with Crippen LogP contribution >= 0.6 is 11.3 Å². The predicted octanol–water partition coefficient (Wildman–Crippen LogP) is 0.866. The molecule has 2 aromatic heterocycles. The summed E-state index contributed by atoms with van der Waals surface area (Å²) in [7, 11) is 0. The van der Waals surface area contributed by atoms with Crippen molar-refractivity contribution in [2.75, 3.05) is 13.2 Å². The summed E-state index contributed by atoms with van der Waals surface area (Å²) in [5, 5.41) is 6.97. The number of aryl methyl sites for hydroxylation is 1. The quantitative estimate of drug-likeness (QED) is 0.886. The van der Waals surface area contributed by atoms with Gasteiger partial charge < -0.3 is 15.0 Å². The highest BCUT2D eigenvalue weighted by atomic mass is 32.1. The molecule has 18 heavy (non-hydrogen) atoms. The van der Waals surface area contributed by atoms with E-state index in [0.717, 1.165) is 10.7 Å². The van der Waals surface area contributed by atoms with Gasteiger partial charge in [0.05, 0.1) is 25.6 Å². The fraction of sp³-hybridized carbons (Fsp3) is 0.545. The molecule has 3 rings (SSSR count). The van der Waals surface area contributed by atoms with E-state index in [9.17, 15) is 0 Å². The fourth-order valence-corrected chi connectivity index (χ4v) is 2.70. The van der Waals surface area contributed by atoms with Crippen LogP contribution in [0, 0.1) is 6.92 Å². The van der Waals surface area contributed by atoms with Gasteiger partial charge in [-0.15, -0.1) is 11.3 Å². The summed E-state index contributed by atoms with van der Waals surface area (Å²) in [4.78, 5) is 8.75. The highest BCUT2D eigenvalue weighted by molar-refractivity contribution is 7.09. The van der Waals surface area contributed by atoms with Crippen molar-refractivity contribution in [1.29, 1.82) is 0 Å². The largest absolute Gasteiger partial charge is 0.379 e. The summed E-state index contributed by atoms with van der Waals surface area (Å²) in [5.74, 6) is 1.24. The van der Waals surface area contributed by atoms with E-state index in [-0.39, 0.29) is 12.0 Å². The first-order valence-corrected chi connectivity index (χ1v) is 6.67. The summed E-state index contributed by atoms with van der Waals surface area (Å²) in [6, 6.07) is -0.0552. The second kappa shape index (κ2) is 4.75. The maximum atomic E-state index is 5.91. The Morgan fingerprint density at radius 3 is 3.00 bits per heavy atom. The molecule has 2 aromatic rings. The molecule has 2 unspecified atom stereocenters. The summed E-state index contributed by atoms with van der Waals surface area (Å²) >= 11 is 1.60. The standard InChI is InChI=1S/C11H14N4O2S/c1-6-5-18-10(13-6)2-9-14-11(17-15-9)7-3-16-4-8(7)12/h5,7-8H,2-4,12H2,1H3. The molecule has 0 aliphatic carbocycles. The monoisotopic (exact) mass is 266 g/mol. The third kappa shape index (κ3) is 2.29. The first-order valence-electron chi connectivity index (χ1n) is 5.79. The fourth-order valence-electron chi connectivity index (χ4n) is 1.93. The first kappa shape index (κ1) is 11.8. The van der Waals surface area contributed by atoms with Crippen LogP contribution < -0.4 is 5.73 Å². The molecule has 96 valence electrons. The van der Waals surface area contributed by atoms with Crippen molar-refractivity contribution < 1.29 is 9.26 Å². The number of hydrogen-bond acceptors (Lipinski definition) is 7. The molecule has 0 spiro atoms. The molecule has 1 aliphatic rings. The molecule has 0 aromatic carbocycles. The Kier molecular flexibility index (Phi) is 3.11. The second-order valence-corrected chi connectivity index (χ2v) is 5.36. The molecule has 6 nitrogen and oxygen atoms in total. The van der Waals surface area contributed by atoms with Gasteiger partial charge in [-0.1, -0.05) is 5.16 Å². The van der Waals surface area contributed by atoms with E-state index in [1.54, 1.807) is 11.3 Å². The minimum absolute atomic E-state index is 0.0179. The molecule has 0 saturated carbocycles. The van der Waals surface area contributed by atoms with Crippen LogP contribution in [0.25, 0.3) is 0 Å². The van der Waals surface area contributed by atoms with Gasteiger partial charge in [-0.25, -0.2) is 4.98 Å². The Labute approximate surface area is 108 Å². The molecule has 3 heterocycles. The van der Waals surface area contributed by atoms with Crippen LogP contribution in [-0.4, -0.2) is 34.4 Å². The second-order valence-electron chi connectivity index (χ2n) is 4.42. The topological polar surface area (TPSA) is 87.1 Å². The van der Waals surface area contributed by atoms with Gasteiger partial charge in [-0.3, -0.25) is 0 Å². The van der Waals surface area contributed by atoms with E-state index in [4.69, 9.17) is 15.0 Å². The van der Waals surface area contributed by atoms with Crippen LogP contribution in [-0.2, 0) is 11.2 Å². The van der Waals surface area contributed by atoms with Gasteiger partial charge in [0.1, 0.15) is 5.01 Å². The van der Waals surface area contributed by atoms with E-state index in [2.05, 4.69) is 15.1 Å². The number of nitrogens with zero attached hydrogens (tertiary/aromatic N) is 3. The van der Waals surface area contributed by atoms with Crippen molar-refractivity contribution in [2.45, 2.75) is 25.3 Å². The van der Waals surface area contributed by atoms with Crippen LogP contribution in [0.3, 0.4) is 0 Å². The molecule has 1 fully saturated rings. The number of rotatable bonds is 3. The Bertz CT molecular complexity index is 539. The van der Waals surface area contributed by atoms with Crippen LogP contribution in [0.15, 0.2) is 9.90 Å². The SMILES string of the molecule is Cc1csc(Cc2noc(C3COCC3N)n2)n1. The van der Waals surface area contributed by atoms with Crippen molar-refractivity contribution in [3.05, 3.63) is 27.8 Å². The molecular formula is C11H14N4O2S. The van der Waals surface area contributed by atoms with Crippen LogP contribution in [0.5, 0.6) is 0 Å². The Morgan fingerprint density at radius 1 is 1.44 bits per heavy atom. The lowest BCUT2D eigenvalue weighted by atomic mass is 10.1. The van der Waals surface area contributed by atoms with E-state index < -0.39 is 0 Å². The average Bonchev–Trinajstić information content (AvgIpc) is 3.02. The molecule has 1 aliphatic heterocycles. The number of hydrogen-bond donors (Lipinski definition) is 1. The van der Waals surface area contributed by atoms with Gasteiger partial charge in [0.15, 0.2) is 5.82 Å². The van der Waals surface area contributed by atoms with Gasteiger partial charge >= 0.3 is 0 Å². The van der Waals surface area contributed by atoms with E-state index in [1.165, 1.54) is 0 Å². The number of nitrogens with two attached hydrogens (primary N) is 1. The van der Waals surface area contributed by atoms with Crippen molar-refractivity contribution in [1.82, 2.24) is 15.1 Å². The minimum Gasteiger partial charge on any atom is -0.379 e. The normalized spacial score (nSPS) is 23.7. The van der Waals surface area contributed by atoms with Crippen LogP contribution in [0.2, 0.25) is 0 Å². The maximum absolute atomic E-state index is 5.91.